The molecule has 0 radical (unpaired) electrons. The van der Waals surface area contributed by atoms with Gasteiger partial charge in [-0.2, -0.15) is 0 Å². The van der Waals surface area contributed by atoms with E-state index in [2.05, 4.69) is 4.12 Å². The zero-order chi connectivity index (χ0) is 7.71. The van der Waals surface area contributed by atoms with Crippen molar-refractivity contribution in [3.63, 3.8) is 0 Å². The molecule has 0 rings (SSSR count). The van der Waals surface area contributed by atoms with Crippen LogP contribution < -0.4 is 9.59 Å². The Morgan fingerprint density at radius 2 is 1.33 bits per heavy atom. The molecule has 0 spiro atoms. The van der Waals surface area contributed by atoms with Crippen LogP contribution in [-0.2, 0) is 4.12 Å². The fourth-order valence-corrected chi connectivity index (χ4v) is 1.56. The Kier molecular flexibility index (Phi) is 2.45. The summed E-state index contributed by atoms with van der Waals surface area (Å²) < 4.78 is 3.01. The van der Waals surface area contributed by atoms with Gasteiger partial charge in [-0.1, -0.05) is 0 Å². The van der Waals surface area contributed by atoms with Gasteiger partial charge in [0, 0.05) is 0 Å². The second-order valence-electron chi connectivity index (χ2n) is 1.20. The van der Waals surface area contributed by atoms with Gasteiger partial charge in [0.1, 0.15) is 9.05 Å². The molecule has 4 N–H and O–H groups in total. The first kappa shape index (κ1) is 9.15. The molecule has 0 aromatic carbocycles. The molecule has 0 saturated heterocycles. The Labute approximate surface area is 52.0 Å². The largest absolute Gasteiger partial charge is 0.829 e. The van der Waals surface area contributed by atoms with Crippen molar-refractivity contribution in [2.75, 3.05) is 0 Å². The van der Waals surface area contributed by atoms with Gasteiger partial charge in [0.2, 0.25) is 0 Å². The van der Waals surface area contributed by atoms with E-state index in [4.69, 9.17) is 19.2 Å². The topological polar surface area (TPSA) is 136 Å². The molecule has 56 valence electrons. The first-order valence-corrected chi connectivity index (χ1v) is 5.13. The molecule has 7 nitrogen and oxygen atoms in total. The lowest BCUT2D eigenvalue weighted by atomic mass is 15.6. The van der Waals surface area contributed by atoms with Gasteiger partial charge in [-0.05, 0) is 0 Å². The van der Waals surface area contributed by atoms with Crippen molar-refractivity contribution in [2.45, 2.75) is 0 Å². The summed E-state index contributed by atoms with van der Waals surface area (Å²) in [6, 6.07) is 0. The Morgan fingerprint density at radius 1 is 1.00 bits per heavy atom. The first-order valence-electron chi connectivity index (χ1n) is 1.71. The minimum absolute atomic E-state index is 3.01. The third-order valence-electron chi connectivity index (χ3n) is 0.266. The molecule has 0 atom stereocenters. The Hall–Kier alpha value is 0.154. The zero-order valence-electron chi connectivity index (χ0n) is 4.01. The lowest BCUT2D eigenvalue weighted by Crippen LogP contribution is -2.70. The predicted molar refractivity (Wildman–Crippen MR) is 21.5 cm³/mol. The summed E-state index contributed by atoms with van der Waals surface area (Å²) in [6.07, 6.45) is 0. The predicted octanol–water partition coefficient (Wildman–Crippen LogP) is -5.44. The third-order valence-corrected chi connectivity index (χ3v) is 2.39. The normalized spacial score (nSPS) is 14.0. The maximum atomic E-state index is 9.59. The molecule has 0 amide bonds. The van der Waals surface area contributed by atoms with E-state index in [9.17, 15) is 9.59 Å². The molecule has 0 aromatic heterocycles. The molecule has 0 unspecified atom stereocenters. The Morgan fingerprint density at radius 3 is 1.33 bits per heavy atom. The van der Waals surface area contributed by atoms with Gasteiger partial charge in [0.25, 0.3) is 0 Å². The molecular formula is H4O7Si2-2. The van der Waals surface area contributed by atoms with Crippen LogP contribution >= 0.6 is 0 Å². The molecule has 0 aliphatic heterocycles. The molecule has 0 bridgehead atoms. The molecule has 0 aromatic rings. The second kappa shape index (κ2) is 2.41. The third kappa shape index (κ3) is 8.15. The van der Waals surface area contributed by atoms with Crippen molar-refractivity contribution in [1.82, 2.24) is 0 Å². The van der Waals surface area contributed by atoms with Crippen LogP contribution in [0.15, 0.2) is 0 Å². The van der Waals surface area contributed by atoms with Crippen molar-refractivity contribution in [3.8, 4) is 0 Å². The molecule has 9 heavy (non-hydrogen) atoms. The van der Waals surface area contributed by atoms with Gasteiger partial charge in [-0.25, -0.2) is 0 Å². The highest BCUT2D eigenvalue weighted by Crippen LogP contribution is 1.90. The maximum Gasteiger partial charge on any atom is 0.660 e. The Bertz CT molecular complexity index is 72.1. The van der Waals surface area contributed by atoms with Crippen molar-refractivity contribution >= 4 is 18.1 Å². The standard InChI is InChI=1S/H4O7Si2/c1-8(2,3)7-9(4,5)6/h1-4H/q-2. The van der Waals surface area contributed by atoms with E-state index in [0.29, 0.717) is 0 Å². The minimum Gasteiger partial charge on any atom is -0.829 e. The summed E-state index contributed by atoms with van der Waals surface area (Å²) in [7, 11) is -10.6. The highest BCUT2D eigenvalue weighted by atomic mass is 28.5. The molecule has 0 saturated carbocycles. The van der Waals surface area contributed by atoms with E-state index in [1.54, 1.807) is 0 Å². The van der Waals surface area contributed by atoms with E-state index in [0.717, 1.165) is 0 Å². The van der Waals surface area contributed by atoms with Gasteiger partial charge in [0.05, 0.1) is 0 Å². The van der Waals surface area contributed by atoms with Crippen molar-refractivity contribution < 1.29 is 32.9 Å². The SMILES string of the molecule is [O-][Si]([O-])(O)O[Si](O)(O)O. The maximum absolute atomic E-state index is 9.59. The lowest BCUT2D eigenvalue weighted by molar-refractivity contribution is -0.433. The van der Waals surface area contributed by atoms with Crippen molar-refractivity contribution in [2.24, 2.45) is 0 Å². The molecule has 9 heteroatoms. The van der Waals surface area contributed by atoms with Crippen LogP contribution in [0.5, 0.6) is 0 Å². The summed E-state index contributed by atoms with van der Waals surface area (Å²) in [6.45, 7) is 0. The van der Waals surface area contributed by atoms with Gasteiger partial charge in [-0.15, -0.1) is 0 Å². The summed E-state index contributed by atoms with van der Waals surface area (Å²) in [5.41, 5.74) is 0. The van der Waals surface area contributed by atoms with Crippen LogP contribution in [0.1, 0.15) is 0 Å². The van der Waals surface area contributed by atoms with Gasteiger partial charge in [0.15, 0.2) is 0 Å². The fraction of sp³-hybridized carbons (Fsp3) is 0. The van der Waals surface area contributed by atoms with E-state index >= 15 is 0 Å². The number of hydrogen-bond acceptors (Lipinski definition) is 7. The van der Waals surface area contributed by atoms with Gasteiger partial charge >= 0.3 is 9.05 Å². The monoisotopic (exact) mass is 172 g/mol. The molecule has 0 fully saturated rings. The van der Waals surface area contributed by atoms with Crippen molar-refractivity contribution in [3.05, 3.63) is 0 Å². The smallest absolute Gasteiger partial charge is 0.660 e. The van der Waals surface area contributed by atoms with Crippen LogP contribution in [-0.4, -0.2) is 37.3 Å². The number of rotatable bonds is 2. The highest BCUT2D eigenvalue weighted by molar-refractivity contribution is 6.62. The van der Waals surface area contributed by atoms with Crippen LogP contribution in [0.4, 0.5) is 0 Å². The van der Waals surface area contributed by atoms with Crippen LogP contribution in [0.3, 0.4) is 0 Å². The zero-order valence-corrected chi connectivity index (χ0v) is 6.01. The van der Waals surface area contributed by atoms with Crippen LogP contribution in [0.2, 0.25) is 0 Å². The second-order valence-corrected chi connectivity index (χ2v) is 4.21. The fourth-order valence-electron chi connectivity index (χ4n) is 0.173. The van der Waals surface area contributed by atoms with Crippen LogP contribution in [0.25, 0.3) is 0 Å². The van der Waals surface area contributed by atoms with E-state index in [1.807, 2.05) is 0 Å². The quantitative estimate of drug-likeness (QED) is 0.305. The summed E-state index contributed by atoms with van der Waals surface area (Å²) >= 11 is 0. The lowest BCUT2D eigenvalue weighted by Gasteiger charge is -2.39. The van der Waals surface area contributed by atoms with Crippen LogP contribution in [0, 0.1) is 0 Å². The minimum atomic E-state index is -5.48. The van der Waals surface area contributed by atoms with Gasteiger partial charge in [-0.3, -0.25) is 0 Å². The average Bonchev–Trinajstić information content (AvgIpc) is 1.14. The Balaban J connectivity index is 3.75. The summed E-state index contributed by atoms with van der Waals surface area (Å²) in [5, 5.41) is 0. The highest BCUT2D eigenvalue weighted by Gasteiger charge is 2.32. The molecular weight excluding hydrogens is 168 g/mol. The average molecular weight is 172 g/mol. The molecule has 0 aliphatic rings. The van der Waals surface area contributed by atoms with E-state index < -0.39 is 18.1 Å². The summed E-state index contributed by atoms with van der Waals surface area (Å²) in [5.74, 6) is 0. The van der Waals surface area contributed by atoms with E-state index in [1.165, 1.54) is 0 Å². The van der Waals surface area contributed by atoms with Crippen molar-refractivity contribution in [1.29, 1.82) is 0 Å². The summed E-state index contributed by atoms with van der Waals surface area (Å²) in [4.78, 5) is 50.5. The molecule has 0 heterocycles. The number of hydrogen-bond donors (Lipinski definition) is 4. The van der Waals surface area contributed by atoms with E-state index in [-0.39, 0.29) is 0 Å². The molecule has 0 aliphatic carbocycles. The first-order chi connectivity index (χ1) is 3.71. The van der Waals surface area contributed by atoms with Gasteiger partial charge < -0.3 is 32.9 Å².